The van der Waals surface area contributed by atoms with E-state index in [0.717, 1.165) is 0 Å². The van der Waals surface area contributed by atoms with Gasteiger partial charge in [0.05, 0.1) is 11.8 Å². The molecule has 0 unspecified atom stereocenters. The fraction of sp³-hybridized carbons (Fsp3) is 0.769. The van der Waals surface area contributed by atoms with Crippen LogP contribution in [0.25, 0.3) is 0 Å². The SMILES string of the molecule is CC(C)(C)OC(=O)N[C@@H]1C[C@@H](C(=O)OC(=O)C(=O)OC(=O)[C@H]2CC[C@H](N)[C@H](NC(=O)OC(C)(C)C)C2)CC[C@@H]1N. The van der Waals surface area contributed by atoms with Crippen LogP contribution in [0.3, 0.4) is 0 Å². The van der Waals surface area contributed by atoms with Gasteiger partial charge in [0, 0.05) is 24.2 Å². The van der Waals surface area contributed by atoms with Crippen molar-refractivity contribution in [1.29, 1.82) is 0 Å². The summed E-state index contributed by atoms with van der Waals surface area (Å²) in [7, 11) is 0. The van der Waals surface area contributed by atoms with E-state index in [1.807, 2.05) is 0 Å². The molecule has 2 aliphatic carbocycles. The van der Waals surface area contributed by atoms with Gasteiger partial charge in [0.1, 0.15) is 11.2 Å². The van der Waals surface area contributed by atoms with Crippen molar-refractivity contribution in [3.8, 4) is 0 Å². The molecule has 2 fully saturated rings. The second kappa shape index (κ2) is 13.4. The number of carbonyl (C=O) groups excluding carboxylic acids is 6. The molecule has 2 amide bonds. The van der Waals surface area contributed by atoms with Crippen molar-refractivity contribution in [1.82, 2.24) is 10.6 Å². The Morgan fingerprint density at radius 1 is 0.600 bits per heavy atom. The van der Waals surface area contributed by atoms with Gasteiger partial charge < -0.3 is 41.0 Å². The summed E-state index contributed by atoms with van der Waals surface area (Å²) in [6.45, 7) is 10.2. The van der Waals surface area contributed by atoms with E-state index in [0.29, 0.717) is 12.8 Å². The number of rotatable bonds is 4. The van der Waals surface area contributed by atoms with Crippen LogP contribution < -0.4 is 22.1 Å². The monoisotopic (exact) mass is 570 g/mol. The average molecular weight is 571 g/mol. The zero-order chi connectivity index (χ0) is 30.4. The van der Waals surface area contributed by atoms with E-state index in [2.05, 4.69) is 20.1 Å². The van der Waals surface area contributed by atoms with Gasteiger partial charge in [0.2, 0.25) is 0 Å². The number of ether oxygens (including phenoxy) is 4. The Balaban J connectivity index is 1.87. The van der Waals surface area contributed by atoms with Crippen LogP contribution in [0.5, 0.6) is 0 Å². The van der Waals surface area contributed by atoms with E-state index in [4.69, 9.17) is 20.9 Å². The number of alkyl carbamates (subject to hydrolysis) is 2. The summed E-state index contributed by atoms with van der Waals surface area (Å²) in [5.41, 5.74) is 10.7. The van der Waals surface area contributed by atoms with Crippen molar-refractivity contribution in [3.63, 3.8) is 0 Å². The Morgan fingerprint density at radius 2 is 0.925 bits per heavy atom. The van der Waals surface area contributed by atoms with Gasteiger partial charge in [-0.15, -0.1) is 0 Å². The highest BCUT2D eigenvalue weighted by Gasteiger charge is 2.39. The molecule has 2 aliphatic rings. The largest absolute Gasteiger partial charge is 0.444 e. The Kier molecular flexibility index (Phi) is 11.0. The molecule has 0 aromatic heterocycles. The van der Waals surface area contributed by atoms with Crippen molar-refractivity contribution in [2.24, 2.45) is 23.3 Å². The van der Waals surface area contributed by atoms with Gasteiger partial charge in [-0.1, -0.05) is 0 Å². The molecule has 0 heterocycles. The zero-order valence-electron chi connectivity index (χ0n) is 23.9. The van der Waals surface area contributed by atoms with Gasteiger partial charge in [-0.2, -0.15) is 0 Å². The lowest BCUT2D eigenvalue weighted by molar-refractivity contribution is -0.180. The lowest BCUT2D eigenvalue weighted by atomic mass is 9.82. The van der Waals surface area contributed by atoms with Gasteiger partial charge in [-0.05, 0) is 80.1 Å². The van der Waals surface area contributed by atoms with E-state index in [9.17, 15) is 28.8 Å². The maximum absolute atomic E-state index is 12.6. The van der Waals surface area contributed by atoms with Crippen LogP contribution in [0.15, 0.2) is 0 Å². The van der Waals surface area contributed by atoms with Crippen molar-refractivity contribution in [2.75, 3.05) is 0 Å². The summed E-state index contributed by atoms with van der Waals surface area (Å²) >= 11 is 0. The number of hydrogen-bond acceptors (Lipinski definition) is 12. The predicted molar refractivity (Wildman–Crippen MR) is 139 cm³/mol. The first-order valence-electron chi connectivity index (χ1n) is 13.4. The fourth-order valence-electron chi connectivity index (χ4n) is 4.50. The average Bonchev–Trinajstić information content (AvgIpc) is 2.79. The first-order valence-corrected chi connectivity index (χ1v) is 13.4. The molecule has 6 N–H and O–H groups in total. The van der Waals surface area contributed by atoms with E-state index >= 15 is 0 Å². The van der Waals surface area contributed by atoms with Crippen LogP contribution in [-0.2, 0) is 38.1 Å². The molecular weight excluding hydrogens is 528 g/mol. The summed E-state index contributed by atoms with van der Waals surface area (Å²) < 4.78 is 19.8. The van der Waals surface area contributed by atoms with Crippen LogP contribution in [-0.4, -0.2) is 71.4 Å². The molecule has 2 saturated carbocycles. The smallest absolute Gasteiger partial charge is 0.425 e. The van der Waals surface area contributed by atoms with E-state index in [1.165, 1.54) is 0 Å². The van der Waals surface area contributed by atoms with Gasteiger partial charge in [-0.25, -0.2) is 19.2 Å². The highest BCUT2D eigenvalue weighted by atomic mass is 16.6. The Hall–Kier alpha value is -3.26. The molecule has 0 spiro atoms. The Labute approximate surface area is 233 Å². The van der Waals surface area contributed by atoms with E-state index in [1.54, 1.807) is 41.5 Å². The zero-order valence-corrected chi connectivity index (χ0v) is 23.9. The number of nitrogens with one attached hydrogen (secondary N) is 2. The molecule has 0 aliphatic heterocycles. The first-order chi connectivity index (χ1) is 18.3. The van der Waals surface area contributed by atoms with Crippen LogP contribution >= 0.6 is 0 Å². The highest BCUT2D eigenvalue weighted by Crippen LogP contribution is 2.27. The number of hydrogen-bond donors (Lipinski definition) is 4. The predicted octanol–water partition coefficient (Wildman–Crippen LogP) is 1.17. The Bertz CT molecular complexity index is 909. The van der Waals surface area contributed by atoms with E-state index < -0.39 is 83.3 Å². The van der Waals surface area contributed by atoms with Gasteiger partial charge in [0.15, 0.2) is 0 Å². The Morgan fingerprint density at radius 3 is 1.23 bits per heavy atom. The lowest BCUT2D eigenvalue weighted by Gasteiger charge is -2.34. The van der Waals surface area contributed by atoms with Crippen molar-refractivity contribution in [2.45, 2.75) is 115 Å². The number of esters is 4. The minimum Gasteiger partial charge on any atom is -0.444 e. The van der Waals surface area contributed by atoms with Gasteiger partial charge in [0.25, 0.3) is 0 Å². The second-order valence-corrected chi connectivity index (χ2v) is 12.3. The molecule has 0 bridgehead atoms. The van der Waals surface area contributed by atoms with Crippen LogP contribution in [0.4, 0.5) is 9.59 Å². The maximum atomic E-state index is 12.6. The molecule has 0 aromatic rings. The third kappa shape index (κ3) is 10.7. The minimum absolute atomic E-state index is 0.0644. The maximum Gasteiger partial charge on any atom is 0.425 e. The normalized spacial score (nSPS) is 27.0. The van der Waals surface area contributed by atoms with Crippen molar-refractivity contribution >= 4 is 36.1 Å². The summed E-state index contributed by atoms with van der Waals surface area (Å²) in [5.74, 6) is -6.93. The fourth-order valence-corrected chi connectivity index (χ4v) is 4.50. The molecule has 0 aromatic carbocycles. The molecule has 6 atom stereocenters. The molecule has 2 rings (SSSR count). The van der Waals surface area contributed by atoms with Gasteiger partial charge >= 0.3 is 36.1 Å². The molecule has 14 nitrogen and oxygen atoms in total. The second-order valence-electron chi connectivity index (χ2n) is 12.3. The molecule has 0 radical (unpaired) electrons. The van der Waals surface area contributed by atoms with Crippen LogP contribution in [0, 0.1) is 11.8 Å². The topological polar surface area (TPSA) is 215 Å². The quantitative estimate of drug-likeness (QED) is 0.162. The number of amides is 2. The molecular formula is C26H42N4O10. The summed E-state index contributed by atoms with van der Waals surface area (Å²) in [6, 6.07) is -2.14. The molecule has 14 heteroatoms. The third-order valence-electron chi connectivity index (χ3n) is 6.43. The van der Waals surface area contributed by atoms with Gasteiger partial charge in [-0.3, -0.25) is 9.59 Å². The summed E-state index contributed by atoms with van der Waals surface area (Å²) in [4.78, 5) is 73.8. The highest BCUT2D eigenvalue weighted by molar-refractivity contribution is 6.33. The lowest BCUT2D eigenvalue weighted by Crippen LogP contribution is -2.53. The van der Waals surface area contributed by atoms with Crippen LogP contribution in [0.2, 0.25) is 0 Å². The third-order valence-corrected chi connectivity index (χ3v) is 6.43. The summed E-state index contributed by atoms with van der Waals surface area (Å²) in [5, 5.41) is 5.24. The first kappa shape index (κ1) is 32.9. The molecule has 0 saturated heterocycles. The number of nitrogens with two attached hydrogens (primary N) is 2. The molecule has 226 valence electrons. The van der Waals surface area contributed by atoms with E-state index in [-0.39, 0.29) is 25.7 Å². The van der Waals surface area contributed by atoms with Crippen LogP contribution in [0.1, 0.15) is 80.1 Å². The van der Waals surface area contributed by atoms with Crippen molar-refractivity contribution < 1.29 is 47.7 Å². The summed E-state index contributed by atoms with van der Waals surface area (Å²) in [6.07, 6.45) is -0.0486. The molecule has 40 heavy (non-hydrogen) atoms. The standard InChI is InChI=1S/C26H42N4O10/c1-25(2,3)39-23(35)29-17-11-13(7-9-15(17)27)19(31)37-21(33)22(34)38-20(32)14-8-10-16(28)18(12-14)30-24(36)40-26(4,5)6/h13-18H,7-12,27-28H2,1-6H3,(H,29,35)(H,30,36)/t13-,14-,15-,16-,17+,18+/m0/s1. The van der Waals surface area contributed by atoms with Crippen molar-refractivity contribution in [3.05, 3.63) is 0 Å². The minimum atomic E-state index is -1.64. The number of carbonyl (C=O) groups is 6.